The molecule has 2 aliphatic rings. The van der Waals surface area contributed by atoms with Crippen molar-refractivity contribution in [3.8, 4) is 28.7 Å². The van der Waals surface area contributed by atoms with Crippen LogP contribution in [-0.2, 0) is 5.41 Å². The molecule has 2 aromatic heterocycles. The molecule has 0 spiro atoms. The first kappa shape index (κ1) is 21.1. The van der Waals surface area contributed by atoms with Crippen LogP contribution < -0.4 is 14.8 Å². The minimum Gasteiger partial charge on any atom is -0.496 e. The van der Waals surface area contributed by atoms with Gasteiger partial charge in [0.1, 0.15) is 23.2 Å². The number of carbonyl (C=O) groups excluding carboxylic acids is 1. The number of carbonyl (C=O) groups is 1. The minimum absolute atomic E-state index is 0.00842. The van der Waals surface area contributed by atoms with E-state index in [0.29, 0.717) is 16.6 Å². The monoisotopic (exact) mass is 456 g/mol. The van der Waals surface area contributed by atoms with Crippen LogP contribution in [0.5, 0.6) is 11.5 Å². The van der Waals surface area contributed by atoms with Crippen LogP contribution in [0.25, 0.3) is 16.6 Å². The van der Waals surface area contributed by atoms with Crippen molar-refractivity contribution >= 4 is 11.4 Å². The van der Waals surface area contributed by atoms with Gasteiger partial charge < -0.3 is 14.8 Å². The van der Waals surface area contributed by atoms with Crippen molar-refractivity contribution in [1.29, 1.82) is 5.26 Å². The molecular weight excluding hydrogens is 437 g/mol. The summed E-state index contributed by atoms with van der Waals surface area (Å²) in [7, 11) is 1.30. The predicted octanol–water partition coefficient (Wildman–Crippen LogP) is 4.01. The first-order chi connectivity index (χ1) is 15.8. The van der Waals surface area contributed by atoms with Crippen molar-refractivity contribution in [3.05, 3.63) is 47.8 Å². The second kappa shape index (κ2) is 7.69. The molecule has 1 amide bonds. The van der Waals surface area contributed by atoms with E-state index in [1.54, 1.807) is 16.9 Å². The molecule has 0 bridgehead atoms. The second-order valence-corrected chi connectivity index (χ2v) is 8.26. The van der Waals surface area contributed by atoms with E-state index < -0.39 is 30.1 Å². The fraction of sp³-hybridized carbons (Fsp3) is 0.348. The van der Waals surface area contributed by atoms with Gasteiger partial charge in [0, 0.05) is 18.2 Å². The Morgan fingerprint density at radius 1 is 1.33 bits per heavy atom. The van der Waals surface area contributed by atoms with E-state index >= 15 is 0 Å². The average molecular weight is 456 g/mol. The van der Waals surface area contributed by atoms with Crippen LogP contribution in [0.4, 0.5) is 13.2 Å². The minimum atomic E-state index is -3.18. The second-order valence-electron chi connectivity index (χ2n) is 8.26. The van der Waals surface area contributed by atoms with Gasteiger partial charge in [-0.25, -0.2) is 8.91 Å². The van der Waals surface area contributed by atoms with Gasteiger partial charge in [-0.2, -0.15) is 19.1 Å². The number of rotatable bonds is 7. The van der Waals surface area contributed by atoms with Crippen LogP contribution in [0.15, 0.2) is 36.7 Å². The van der Waals surface area contributed by atoms with Gasteiger partial charge in [0.05, 0.1) is 36.3 Å². The number of benzene rings is 1. The highest BCUT2D eigenvalue weighted by Crippen LogP contribution is 2.47. The number of fused-ring (bicyclic) bond motifs is 1. The molecule has 0 radical (unpaired) electrons. The summed E-state index contributed by atoms with van der Waals surface area (Å²) in [5.41, 5.74) is 1.87. The van der Waals surface area contributed by atoms with E-state index in [1.165, 1.54) is 19.2 Å². The smallest absolute Gasteiger partial charge is 0.387 e. The summed E-state index contributed by atoms with van der Waals surface area (Å²) >= 11 is 0. The first-order valence-corrected chi connectivity index (χ1v) is 10.4. The summed E-state index contributed by atoms with van der Waals surface area (Å²) in [6.07, 6.45) is 3.95. The largest absolute Gasteiger partial charge is 0.496 e. The van der Waals surface area contributed by atoms with E-state index in [-0.39, 0.29) is 23.5 Å². The summed E-state index contributed by atoms with van der Waals surface area (Å²) in [4.78, 5) is 12.7. The maximum atomic E-state index is 13.2. The van der Waals surface area contributed by atoms with Gasteiger partial charge in [-0.3, -0.25) is 4.79 Å². The maximum Gasteiger partial charge on any atom is 0.387 e. The molecule has 0 aliphatic heterocycles. The topological polar surface area (TPSA) is 88.7 Å². The fourth-order valence-electron chi connectivity index (χ4n) is 3.95. The molecule has 5 rings (SSSR count). The number of alkyl halides is 3. The van der Waals surface area contributed by atoms with E-state index in [9.17, 15) is 23.2 Å². The Kier molecular flexibility index (Phi) is 4.92. The third-order valence-electron chi connectivity index (χ3n) is 6.10. The van der Waals surface area contributed by atoms with Crippen LogP contribution in [-0.4, -0.2) is 41.5 Å². The highest BCUT2D eigenvalue weighted by Gasteiger charge is 2.45. The molecule has 2 aliphatic carbocycles. The van der Waals surface area contributed by atoms with Crippen molar-refractivity contribution in [1.82, 2.24) is 14.9 Å². The van der Waals surface area contributed by atoms with E-state index in [0.717, 1.165) is 18.4 Å². The van der Waals surface area contributed by atoms with Crippen molar-refractivity contribution in [3.63, 3.8) is 0 Å². The lowest BCUT2D eigenvalue weighted by Gasteiger charge is -2.16. The number of halogens is 3. The number of hydrogen-bond acceptors (Lipinski definition) is 5. The summed E-state index contributed by atoms with van der Waals surface area (Å²) in [5.74, 6) is -1.13. The zero-order valence-corrected chi connectivity index (χ0v) is 17.5. The Morgan fingerprint density at radius 3 is 2.67 bits per heavy atom. The molecule has 2 saturated carbocycles. The van der Waals surface area contributed by atoms with Crippen molar-refractivity contribution in [2.24, 2.45) is 0 Å². The Morgan fingerprint density at radius 2 is 2.06 bits per heavy atom. The van der Waals surface area contributed by atoms with Gasteiger partial charge in [-0.05, 0) is 42.2 Å². The Labute approximate surface area is 186 Å². The highest BCUT2D eigenvalue weighted by atomic mass is 19.3. The molecule has 2 unspecified atom stereocenters. The highest BCUT2D eigenvalue weighted by molar-refractivity contribution is 6.01. The molecular formula is C23H19F3N4O3. The van der Waals surface area contributed by atoms with Gasteiger partial charge >= 0.3 is 6.61 Å². The number of pyridine rings is 1. The molecule has 170 valence electrons. The first-order valence-electron chi connectivity index (χ1n) is 10.4. The number of hydrogen-bond donors (Lipinski definition) is 1. The van der Waals surface area contributed by atoms with Crippen LogP contribution >= 0.6 is 0 Å². The number of nitrogens with zero attached hydrogens (tertiary/aromatic N) is 3. The summed E-state index contributed by atoms with van der Waals surface area (Å²) in [6, 6.07) is 8.19. The number of nitriles is 1. The van der Waals surface area contributed by atoms with Crippen LogP contribution in [0, 0.1) is 11.3 Å². The predicted molar refractivity (Wildman–Crippen MR) is 111 cm³/mol. The molecule has 33 heavy (non-hydrogen) atoms. The van der Waals surface area contributed by atoms with E-state index in [4.69, 9.17) is 4.74 Å². The van der Waals surface area contributed by atoms with Gasteiger partial charge in [-0.15, -0.1) is 0 Å². The molecule has 3 aromatic rings. The van der Waals surface area contributed by atoms with Gasteiger partial charge in [-0.1, -0.05) is 6.07 Å². The number of amides is 1. The average Bonchev–Trinajstić information content (AvgIpc) is 3.69. The normalized spacial score (nSPS) is 20.4. The molecule has 10 heteroatoms. The van der Waals surface area contributed by atoms with Crippen LogP contribution in [0.1, 0.15) is 35.2 Å². The van der Waals surface area contributed by atoms with Crippen molar-refractivity contribution in [2.75, 3.05) is 7.11 Å². The molecule has 2 heterocycles. The van der Waals surface area contributed by atoms with Crippen molar-refractivity contribution < 1.29 is 27.4 Å². The molecule has 1 N–H and O–H groups in total. The third-order valence-corrected chi connectivity index (χ3v) is 6.10. The van der Waals surface area contributed by atoms with E-state index in [2.05, 4.69) is 21.2 Å². The molecule has 7 nitrogen and oxygen atoms in total. The summed E-state index contributed by atoms with van der Waals surface area (Å²) in [5, 5.41) is 16.3. The number of ether oxygens (including phenoxy) is 2. The van der Waals surface area contributed by atoms with Crippen molar-refractivity contribution in [2.45, 2.75) is 43.5 Å². The lowest BCUT2D eigenvalue weighted by Crippen LogP contribution is -2.28. The number of methoxy groups -OCH3 is 1. The van der Waals surface area contributed by atoms with Gasteiger partial charge in [0.25, 0.3) is 5.91 Å². The SMILES string of the molecule is COc1cc(-c2cnn3cc(C4(C#N)CC4)ccc23)cc(OC(F)F)c1C(=O)NC1CC1F. The molecule has 1 aromatic carbocycles. The van der Waals surface area contributed by atoms with Crippen LogP contribution in [0.2, 0.25) is 0 Å². The third kappa shape index (κ3) is 3.73. The molecule has 2 atom stereocenters. The Balaban J connectivity index is 1.57. The summed E-state index contributed by atoms with van der Waals surface area (Å²) < 4.78 is 51.1. The maximum absolute atomic E-state index is 13.2. The summed E-state index contributed by atoms with van der Waals surface area (Å²) in [6.45, 7) is -3.18. The Bertz CT molecular complexity index is 1300. The fourth-order valence-corrected chi connectivity index (χ4v) is 3.95. The lowest BCUT2D eigenvalue weighted by molar-refractivity contribution is -0.0502. The zero-order valence-electron chi connectivity index (χ0n) is 17.5. The lowest BCUT2D eigenvalue weighted by atomic mass is 9.98. The quantitative estimate of drug-likeness (QED) is 0.581. The zero-order chi connectivity index (χ0) is 23.3. The standard InChI is InChI=1S/C23H19F3N4O3/c1-32-18-6-12(7-19(33-22(25)26)20(18)21(31)29-16-8-15(16)24)14-9-28-30-10-13(2-3-17(14)30)23(11-27)4-5-23/h2-3,6-7,9-10,15-16,22H,4-5,8H2,1H3,(H,29,31). The van der Waals surface area contributed by atoms with Crippen LogP contribution in [0.3, 0.4) is 0 Å². The van der Waals surface area contributed by atoms with Gasteiger partial charge in [0.15, 0.2) is 0 Å². The van der Waals surface area contributed by atoms with Gasteiger partial charge in [0.2, 0.25) is 0 Å². The molecule has 0 saturated heterocycles. The Hall–Kier alpha value is -3.74. The van der Waals surface area contributed by atoms with E-state index in [1.807, 2.05) is 12.1 Å². The number of nitrogens with one attached hydrogen (secondary N) is 1. The number of aromatic nitrogens is 2. The molecule has 2 fully saturated rings.